The maximum atomic E-state index is 5.50. The van der Waals surface area contributed by atoms with Gasteiger partial charge in [0.1, 0.15) is 6.33 Å². The predicted molar refractivity (Wildman–Crippen MR) is 83.1 cm³/mol. The van der Waals surface area contributed by atoms with Crippen LogP contribution in [-0.2, 0) is 11.8 Å². The molecule has 3 rings (SSSR count). The summed E-state index contributed by atoms with van der Waals surface area (Å²) >= 11 is 0. The monoisotopic (exact) mass is 286 g/mol. The van der Waals surface area contributed by atoms with Crippen LogP contribution in [0, 0.1) is 0 Å². The molecule has 2 atom stereocenters. The minimum absolute atomic E-state index is 0.387. The molecule has 5 heteroatoms. The van der Waals surface area contributed by atoms with Crippen molar-refractivity contribution in [2.24, 2.45) is 7.05 Å². The van der Waals surface area contributed by atoms with Gasteiger partial charge in [-0.3, -0.25) is 0 Å². The zero-order chi connectivity index (χ0) is 14.7. The third-order valence-electron chi connectivity index (χ3n) is 4.16. The fourth-order valence-corrected chi connectivity index (χ4v) is 3.02. The Kier molecular flexibility index (Phi) is 4.20. The van der Waals surface area contributed by atoms with Gasteiger partial charge in [-0.1, -0.05) is 12.1 Å². The van der Waals surface area contributed by atoms with E-state index in [1.807, 2.05) is 18.7 Å². The molecular weight excluding hydrogens is 264 g/mol. The highest BCUT2D eigenvalue weighted by molar-refractivity contribution is 5.62. The molecule has 0 spiro atoms. The Balaban J connectivity index is 1.73. The number of aromatic nitrogens is 3. The van der Waals surface area contributed by atoms with Crippen LogP contribution in [0.3, 0.4) is 0 Å². The predicted octanol–water partition coefficient (Wildman–Crippen LogP) is 2.85. The van der Waals surface area contributed by atoms with Gasteiger partial charge in [-0.25, -0.2) is 0 Å². The Hall–Kier alpha value is -1.88. The zero-order valence-electron chi connectivity index (χ0n) is 12.6. The molecule has 5 nitrogen and oxygen atoms in total. The van der Waals surface area contributed by atoms with Gasteiger partial charge in [-0.05, 0) is 37.8 Å². The molecule has 0 aliphatic heterocycles. The van der Waals surface area contributed by atoms with Crippen molar-refractivity contribution in [3.8, 4) is 11.4 Å². The molecule has 1 N–H and O–H groups in total. The second-order valence-corrected chi connectivity index (χ2v) is 5.71. The summed E-state index contributed by atoms with van der Waals surface area (Å²) in [4.78, 5) is 0. The summed E-state index contributed by atoms with van der Waals surface area (Å²) < 4.78 is 7.43. The lowest BCUT2D eigenvalue weighted by atomic mass is 9.92. The molecule has 2 aromatic rings. The minimum atomic E-state index is 0.387. The first-order valence-corrected chi connectivity index (χ1v) is 7.50. The van der Waals surface area contributed by atoms with Crippen molar-refractivity contribution < 1.29 is 4.74 Å². The van der Waals surface area contributed by atoms with Gasteiger partial charge in [-0.2, -0.15) is 0 Å². The molecule has 1 aliphatic rings. The summed E-state index contributed by atoms with van der Waals surface area (Å²) in [5.74, 6) is 0.886. The van der Waals surface area contributed by atoms with E-state index in [9.17, 15) is 0 Å². The largest absolute Gasteiger partial charge is 0.382 e. The summed E-state index contributed by atoms with van der Waals surface area (Å²) in [7, 11) is 3.77. The van der Waals surface area contributed by atoms with Crippen molar-refractivity contribution in [3.63, 3.8) is 0 Å². The summed E-state index contributed by atoms with van der Waals surface area (Å²) in [6, 6.07) is 8.85. The number of anilines is 1. The van der Waals surface area contributed by atoms with E-state index >= 15 is 0 Å². The van der Waals surface area contributed by atoms with Crippen molar-refractivity contribution in [2.45, 2.75) is 37.8 Å². The molecule has 1 aliphatic carbocycles. The van der Waals surface area contributed by atoms with E-state index < -0.39 is 0 Å². The molecule has 1 saturated carbocycles. The molecule has 21 heavy (non-hydrogen) atoms. The quantitative estimate of drug-likeness (QED) is 0.939. The first kappa shape index (κ1) is 14.1. The van der Waals surface area contributed by atoms with Gasteiger partial charge in [0.25, 0.3) is 0 Å². The van der Waals surface area contributed by atoms with E-state index in [1.165, 1.54) is 19.3 Å². The molecule has 1 aromatic carbocycles. The maximum absolute atomic E-state index is 5.50. The number of ether oxygens (including phenoxy) is 1. The number of hydrogen-bond donors (Lipinski definition) is 1. The highest BCUT2D eigenvalue weighted by Gasteiger charge is 2.21. The van der Waals surface area contributed by atoms with E-state index in [-0.39, 0.29) is 0 Å². The van der Waals surface area contributed by atoms with Crippen LogP contribution in [0.5, 0.6) is 0 Å². The topological polar surface area (TPSA) is 52.0 Å². The van der Waals surface area contributed by atoms with Crippen molar-refractivity contribution >= 4 is 5.69 Å². The SMILES string of the molecule is COC1CCCC(Nc2cccc(-c3nncn3C)c2)C1. The molecule has 0 amide bonds. The summed E-state index contributed by atoms with van der Waals surface area (Å²) in [5, 5.41) is 11.7. The van der Waals surface area contributed by atoms with Crippen LogP contribution >= 0.6 is 0 Å². The Morgan fingerprint density at radius 2 is 2.24 bits per heavy atom. The van der Waals surface area contributed by atoms with Crippen LogP contribution in [0.25, 0.3) is 11.4 Å². The third-order valence-corrected chi connectivity index (χ3v) is 4.16. The lowest BCUT2D eigenvalue weighted by Crippen LogP contribution is -2.30. The summed E-state index contributed by atoms with van der Waals surface area (Å²) in [6.07, 6.45) is 6.78. The molecular formula is C16H22N4O. The standard InChI is InChI=1S/C16H22N4O/c1-20-11-17-19-16(20)12-5-3-6-13(9-12)18-14-7-4-8-15(10-14)21-2/h3,5-6,9,11,14-15,18H,4,7-8,10H2,1-2H3. The molecule has 1 heterocycles. The van der Waals surface area contributed by atoms with Gasteiger partial charge < -0.3 is 14.6 Å². The van der Waals surface area contributed by atoms with Gasteiger partial charge in [0.2, 0.25) is 0 Å². The van der Waals surface area contributed by atoms with Crippen molar-refractivity contribution in [1.82, 2.24) is 14.8 Å². The van der Waals surface area contributed by atoms with Gasteiger partial charge in [0.05, 0.1) is 6.10 Å². The highest BCUT2D eigenvalue weighted by atomic mass is 16.5. The second-order valence-electron chi connectivity index (χ2n) is 5.71. The Morgan fingerprint density at radius 3 is 3.00 bits per heavy atom. The first-order valence-electron chi connectivity index (χ1n) is 7.50. The van der Waals surface area contributed by atoms with Crippen LogP contribution in [0.4, 0.5) is 5.69 Å². The number of nitrogens with zero attached hydrogens (tertiary/aromatic N) is 3. The van der Waals surface area contributed by atoms with Crippen molar-refractivity contribution in [1.29, 1.82) is 0 Å². The van der Waals surface area contributed by atoms with Crippen LogP contribution in [0.2, 0.25) is 0 Å². The van der Waals surface area contributed by atoms with E-state index in [4.69, 9.17) is 4.74 Å². The van der Waals surface area contributed by atoms with E-state index in [0.717, 1.165) is 23.5 Å². The molecule has 0 radical (unpaired) electrons. The lowest BCUT2D eigenvalue weighted by molar-refractivity contribution is 0.0669. The van der Waals surface area contributed by atoms with Crippen LogP contribution in [0.15, 0.2) is 30.6 Å². The van der Waals surface area contributed by atoms with Crippen LogP contribution in [-0.4, -0.2) is 34.0 Å². The van der Waals surface area contributed by atoms with E-state index in [0.29, 0.717) is 12.1 Å². The number of benzene rings is 1. The molecule has 0 saturated heterocycles. The number of nitrogens with one attached hydrogen (secondary N) is 1. The lowest BCUT2D eigenvalue weighted by Gasteiger charge is -2.29. The molecule has 2 unspecified atom stereocenters. The van der Waals surface area contributed by atoms with Gasteiger partial charge >= 0.3 is 0 Å². The van der Waals surface area contributed by atoms with Gasteiger partial charge in [0.15, 0.2) is 5.82 Å². The first-order chi connectivity index (χ1) is 10.3. The van der Waals surface area contributed by atoms with Crippen LogP contribution in [0.1, 0.15) is 25.7 Å². The number of methoxy groups -OCH3 is 1. The van der Waals surface area contributed by atoms with Gasteiger partial charge in [-0.15, -0.1) is 10.2 Å². The normalized spacial score (nSPS) is 22.2. The average molecular weight is 286 g/mol. The Morgan fingerprint density at radius 1 is 1.33 bits per heavy atom. The smallest absolute Gasteiger partial charge is 0.163 e. The Bertz CT molecular complexity index is 595. The molecule has 112 valence electrons. The molecule has 1 fully saturated rings. The average Bonchev–Trinajstić information content (AvgIpc) is 2.94. The number of aryl methyl sites for hydroxylation is 1. The number of rotatable bonds is 4. The molecule has 1 aromatic heterocycles. The summed E-state index contributed by atoms with van der Waals surface area (Å²) in [5.41, 5.74) is 2.22. The summed E-state index contributed by atoms with van der Waals surface area (Å²) in [6.45, 7) is 0. The van der Waals surface area contributed by atoms with E-state index in [1.54, 1.807) is 6.33 Å². The van der Waals surface area contributed by atoms with Crippen molar-refractivity contribution in [3.05, 3.63) is 30.6 Å². The molecule has 0 bridgehead atoms. The third kappa shape index (κ3) is 3.24. The second kappa shape index (κ2) is 6.26. The fraction of sp³-hybridized carbons (Fsp3) is 0.500. The minimum Gasteiger partial charge on any atom is -0.382 e. The number of hydrogen-bond acceptors (Lipinski definition) is 4. The van der Waals surface area contributed by atoms with E-state index in [2.05, 4.69) is 39.8 Å². The van der Waals surface area contributed by atoms with Crippen LogP contribution < -0.4 is 5.32 Å². The Labute approximate surface area is 125 Å². The maximum Gasteiger partial charge on any atom is 0.163 e. The van der Waals surface area contributed by atoms with Crippen molar-refractivity contribution in [2.75, 3.05) is 12.4 Å². The highest BCUT2D eigenvalue weighted by Crippen LogP contribution is 2.26. The zero-order valence-corrected chi connectivity index (χ0v) is 12.6. The van der Waals surface area contributed by atoms with Gasteiger partial charge in [0, 0.05) is 31.5 Å². The fourth-order valence-electron chi connectivity index (χ4n) is 3.02.